The number of ether oxygens (including phenoxy) is 3. The first-order valence-corrected chi connectivity index (χ1v) is 9.03. The number of nitrogens with one attached hydrogen (secondary N) is 1. The largest absolute Gasteiger partial charge is 0.493 e. The van der Waals surface area contributed by atoms with E-state index in [0.29, 0.717) is 23.8 Å². The molecule has 0 aliphatic rings. The van der Waals surface area contributed by atoms with E-state index in [4.69, 9.17) is 14.2 Å². The Morgan fingerprint density at radius 1 is 0.893 bits per heavy atom. The average molecular weight is 377 g/mol. The predicted molar refractivity (Wildman–Crippen MR) is 109 cm³/mol. The molecule has 144 valence electrons. The lowest BCUT2D eigenvalue weighted by atomic mass is 10.2. The molecule has 0 aliphatic heterocycles. The van der Waals surface area contributed by atoms with E-state index in [-0.39, 0.29) is 5.91 Å². The van der Waals surface area contributed by atoms with Crippen LogP contribution in [0.4, 0.5) is 5.69 Å². The van der Waals surface area contributed by atoms with Crippen LogP contribution in [0.25, 0.3) is 0 Å². The van der Waals surface area contributed by atoms with Crippen LogP contribution < -0.4 is 19.5 Å². The molecule has 0 spiro atoms. The summed E-state index contributed by atoms with van der Waals surface area (Å²) in [7, 11) is 1.56. The van der Waals surface area contributed by atoms with E-state index in [1.807, 2.05) is 54.6 Å². The Morgan fingerprint density at radius 2 is 1.54 bits per heavy atom. The Hall–Kier alpha value is -3.47. The number of carbonyl (C=O) groups is 1. The number of anilines is 1. The molecule has 3 rings (SSSR count). The molecular formula is C23H23NO4. The summed E-state index contributed by atoms with van der Waals surface area (Å²) in [6, 6.07) is 24.4. The molecule has 28 heavy (non-hydrogen) atoms. The Kier molecular flexibility index (Phi) is 6.52. The van der Waals surface area contributed by atoms with Gasteiger partial charge in [0.05, 0.1) is 7.11 Å². The number of hydrogen-bond donors (Lipinski definition) is 1. The Balaban J connectivity index is 1.53. The van der Waals surface area contributed by atoms with Gasteiger partial charge < -0.3 is 19.5 Å². The molecule has 0 aliphatic carbocycles. The molecule has 1 amide bonds. The van der Waals surface area contributed by atoms with Gasteiger partial charge in [-0.1, -0.05) is 42.5 Å². The van der Waals surface area contributed by atoms with Crippen molar-refractivity contribution in [3.05, 3.63) is 84.4 Å². The van der Waals surface area contributed by atoms with Gasteiger partial charge >= 0.3 is 0 Å². The van der Waals surface area contributed by atoms with Gasteiger partial charge in [0.1, 0.15) is 12.4 Å². The average Bonchev–Trinajstić information content (AvgIpc) is 2.74. The minimum Gasteiger partial charge on any atom is -0.493 e. The lowest BCUT2D eigenvalue weighted by Gasteiger charge is -2.16. The zero-order valence-electron chi connectivity index (χ0n) is 15.9. The normalized spacial score (nSPS) is 11.4. The summed E-state index contributed by atoms with van der Waals surface area (Å²) in [6.45, 7) is 2.19. The number of rotatable bonds is 8. The highest BCUT2D eigenvalue weighted by Gasteiger charge is 2.16. The van der Waals surface area contributed by atoms with Crippen LogP contribution in [0.15, 0.2) is 78.9 Å². The van der Waals surface area contributed by atoms with Crippen molar-refractivity contribution in [2.75, 3.05) is 12.4 Å². The lowest BCUT2D eigenvalue weighted by Crippen LogP contribution is -2.30. The van der Waals surface area contributed by atoms with Gasteiger partial charge in [0.15, 0.2) is 17.6 Å². The minimum absolute atomic E-state index is 0.246. The fourth-order valence-corrected chi connectivity index (χ4v) is 2.58. The van der Waals surface area contributed by atoms with Gasteiger partial charge in [0, 0.05) is 5.69 Å². The highest BCUT2D eigenvalue weighted by molar-refractivity contribution is 5.94. The number of carbonyl (C=O) groups excluding carboxylic acids is 1. The summed E-state index contributed by atoms with van der Waals surface area (Å²) >= 11 is 0. The van der Waals surface area contributed by atoms with Crippen molar-refractivity contribution < 1.29 is 19.0 Å². The van der Waals surface area contributed by atoms with Crippen molar-refractivity contribution in [3.63, 3.8) is 0 Å². The number of para-hydroxylation sites is 2. The second-order valence-corrected chi connectivity index (χ2v) is 6.20. The summed E-state index contributed by atoms with van der Waals surface area (Å²) < 4.78 is 16.7. The van der Waals surface area contributed by atoms with Crippen LogP contribution in [0.3, 0.4) is 0 Å². The SMILES string of the molecule is COc1ccccc1O[C@@H](C)C(=O)Nc1ccc(OCc2ccccc2)cc1. The van der Waals surface area contributed by atoms with E-state index >= 15 is 0 Å². The summed E-state index contributed by atoms with van der Waals surface area (Å²) in [5.41, 5.74) is 1.77. The van der Waals surface area contributed by atoms with E-state index in [2.05, 4.69) is 5.32 Å². The van der Waals surface area contributed by atoms with Crippen LogP contribution in [-0.2, 0) is 11.4 Å². The number of methoxy groups -OCH3 is 1. The van der Waals surface area contributed by atoms with Crippen LogP contribution in [0, 0.1) is 0 Å². The van der Waals surface area contributed by atoms with Crippen LogP contribution in [0.2, 0.25) is 0 Å². The van der Waals surface area contributed by atoms with E-state index in [1.165, 1.54) is 0 Å². The van der Waals surface area contributed by atoms with Crippen molar-refractivity contribution in [2.24, 2.45) is 0 Å². The first kappa shape index (κ1) is 19.3. The van der Waals surface area contributed by atoms with Crippen LogP contribution in [-0.4, -0.2) is 19.1 Å². The molecule has 0 heterocycles. The fourth-order valence-electron chi connectivity index (χ4n) is 2.58. The van der Waals surface area contributed by atoms with Gasteiger partial charge in [0.25, 0.3) is 5.91 Å². The predicted octanol–water partition coefficient (Wildman–Crippen LogP) is 4.68. The molecule has 0 saturated heterocycles. The molecule has 5 heteroatoms. The van der Waals surface area contributed by atoms with Gasteiger partial charge in [0.2, 0.25) is 0 Å². The third kappa shape index (κ3) is 5.27. The maximum Gasteiger partial charge on any atom is 0.265 e. The number of hydrogen-bond acceptors (Lipinski definition) is 4. The molecule has 1 atom stereocenters. The van der Waals surface area contributed by atoms with E-state index in [9.17, 15) is 4.79 Å². The van der Waals surface area contributed by atoms with Gasteiger partial charge in [-0.15, -0.1) is 0 Å². The minimum atomic E-state index is -0.676. The number of benzene rings is 3. The molecule has 1 N–H and O–H groups in total. The zero-order chi connectivity index (χ0) is 19.8. The summed E-state index contributed by atoms with van der Waals surface area (Å²) in [5.74, 6) is 1.60. The fraction of sp³-hybridized carbons (Fsp3) is 0.174. The molecule has 3 aromatic rings. The van der Waals surface area contributed by atoms with Crippen molar-refractivity contribution in [2.45, 2.75) is 19.6 Å². The highest BCUT2D eigenvalue weighted by atomic mass is 16.5. The zero-order valence-corrected chi connectivity index (χ0v) is 15.9. The maximum absolute atomic E-state index is 12.4. The number of amides is 1. The summed E-state index contributed by atoms with van der Waals surface area (Å²) in [6.07, 6.45) is -0.676. The maximum atomic E-state index is 12.4. The lowest BCUT2D eigenvalue weighted by molar-refractivity contribution is -0.122. The Morgan fingerprint density at radius 3 is 2.21 bits per heavy atom. The van der Waals surface area contributed by atoms with Crippen molar-refractivity contribution in [3.8, 4) is 17.2 Å². The molecule has 0 saturated carbocycles. The van der Waals surface area contributed by atoms with Crippen molar-refractivity contribution in [1.29, 1.82) is 0 Å². The molecule has 3 aromatic carbocycles. The Bertz CT molecular complexity index is 894. The second kappa shape index (κ2) is 9.46. The summed E-state index contributed by atoms with van der Waals surface area (Å²) in [4.78, 5) is 12.4. The van der Waals surface area contributed by atoms with Crippen molar-refractivity contribution in [1.82, 2.24) is 0 Å². The van der Waals surface area contributed by atoms with Crippen LogP contribution in [0.1, 0.15) is 12.5 Å². The monoisotopic (exact) mass is 377 g/mol. The molecule has 0 fully saturated rings. The van der Waals surface area contributed by atoms with Crippen LogP contribution >= 0.6 is 0 Å². The van der Waals surface area contributed by atoms with Gasteiger partial charge in [-0.05, 0) is 48.9 Å². The van der Waals surface area contributed by atoms with Crippen LogP contribution in [0.5, 0.6) is 17.2 Å². The van der Waals surface area contributed by atoms with Gasteiger partial charge in [-0.3, -0.25) is 4.79 Å². The second-order valence-electron chi connectivity index (χ2n) is 6.20. The third-order valence-corrected chi connectivity index (χ3v) is 4.11. The van der Waals surface area contributed by atoms with E-state index < -0.39 is 6.10 Å². The topological polar surface area (TPSA) is 56.8 Å². The standard InChI is InChI=1S/C23H23NO4/c1-17(28-22-11-7-6-10-21(22)26-2)23(25)24-19-12-14-20(15-13-19)27-16-18-8-4-3-5-9-18/h3-15,17H,16H2,1-2H3,(H,24,25)/t17-/m0/s1. The third-order valence-electron chi connectivity index (χ3n) is 4.11. The van der Waals surface area contributed by atoms with E-state index in [1.54, 1.807) is 38.3 Å². The quantitative estimate of drug-likeness (QED) is 0.619. The van der Waals surface area contributed by atoms with Gasteiger partial charge in [-0.2, -0.15) is 0 Å². The smallest absolute Gasteiger partial charge is 0.265 e. The first-order valence-electron chi connectivity index (χ1n) is 9.03. The highest BCUT2D eigenvalue weighted by Crippen LogP contribution is 2.27. The van der Waals surface area contributed by atoms with Crippen molar-refractivity contribution >= 4 is 11.6 Å². The molecule has 0 aromatic heterocycles. The first-order chi connectivity index (χ1) is 13.7. The molecule has 0 unspecified atom stereocenters. The van der Waals surface area contributed by atoms with E-state index in [0.717, 1.165) is 11.3 Å². The molecular weight excluding hydrogens is 354 g/mol. The molecule has 0 bridgehead atoms. The summed E-state index contributed by atoms with van der Waals surface area (Å²) in [5, 5.41) is 2.84. The Labute approximate surface area is 164 Å². The molecule has 0 radical (unpaired) electrons. The van der Waals surface area contributed by atoms with Gasteiger partial charge in [-0.25, -0.2) is 0 Å². The molecule has 5 nitrogen and oxygen atoms in total.